The minimum absolute atomic E-state index is 0.0453. The molecule has 0 saturated carbocycles. The summed E-state index contributed by atoms with van der Waals surface area (Å²) < 4.78 is 6.31. The second-order valence-corrected chi connectivity index (χ2v) is 6.37. The zero-order chi connectivity index (χ0) is 15.4. The SMILES string of the molecule is O=C(CCc1ccccc1Br)Nc1nc(-c2ccco2)cs1. The zero-order valence-electron chi connectivity index (χ0n) is 11.6. The molecule has 22 heavy (non-hydrogen) atoms. The first-order valence-corrected chi connectivity index (χ1v) is 8.42. The van der Waals surface area contributed by atoms with Gasteiger partial charge in [-0.25, -0.2) is 4.98 Å². The van der Waals surface area contributed by atoms with Gasteiger partial charge in [-0.15, -0.1) is 11.3 Å². The van der Waals surface area contributed by atoms with Gasteiger partial charge in [-0.05, 0) is 30.2 Å². The number of hydrogen-bond donors (Lipinski definition) is 1. The molecule has 0 bridgehead atoms. The van der Waals surface area contributed by atoms with Crippen LogP contribution in [0.3, 0.4) is 0 Å². The van der Waals surface area contributed by atoms with Crippen molar-refractivity contribution in [3.63, 3.8) is 0 Å². The van der Waals surface area contributed by atoms with Gasteiger partial charge in [-0.1, -0.05) is 34.1 Å². The van der Waals surface area contributed by atoms with Gasteiger partial charge in [-0.3, -0.25) is 4.79 Å². The molecule has 1 N–H and O–H groups in total. The van der Waals surface area contributed by atoms with Crippen molar-refractivity contribution in [2.45, 2.75) is 12.8 Å². The molecule has 112 valence electrons. The lowest BCUT2D eigenvalue weighted by Crippen LogP contribution is -2.12. The highest BCUT2D eigenvalue weighted by Gasteiger charge is 2.10. The predicted molar refractivity (Wildman–Crippen MR) is 90.9 cm³/mol. The molecule has 3 rings (SSSR count). The van der Waals surface area contributed by atoms with E-state index in [1.807, 2.05) is 41.8 Å². The Morgan fingerprint density at radius 2 is 2.14 bits per heavy atom. The lowest BCUT2D eigenvalue weighted by atomic mass is 10.1. The fraction of sp³-hybridized carbons (Fsp3) is 0.125. The van der Waals surface area contributed by atoms with E-state index < -0.39 is 0 Å². The van der Waals surface area contributed by atoms with Crippen molar-refractivity contribution in [2.75, 3.05) is 5.32 Å². The fourth-order valence-corrected chi connectivity index (χ4v) is 3.20. The number of hydrogen-bond acceptors (Lipinski definition) is 4. The molecule has 0 spiro atoms. The Labute approximate surface area is 140 Å². The molecule has 1 amide bonds. The van der Waals surface area contributed by atoms with Gasteiger partial charge < -0.3 is 9.73 Å². The Balaban J connectivity index is 1.57. The van der Waals surface area contributed by atoms with Crippen LogP contribution in [0, 0.1) is 0 Å². The number of thiazole rings is 1. The number of rotatable bonds is 5. The maximum absolute atomic E-state index is 12.0. The zero-order valence-corrected chi connectivity index (χ0v) is 14.0. The molecule has 0 fully saturated rings. The van der Waals surface area contributed by atoms with E-state index in [0.29, 0.717) is 23.7 Å². The van der Waals surface area contributed by atoms with Gasteiger partial charge in [0.15, 0.2) is 10.9 Å². The molecule has 0 aliphatic heterocycles. The van der Waals surface area contributed by atoms with E-state index in [2.05, 4.69) is 26.2 Å². The lowest BCUT2D eigenvalue weighted by Gasteiger charge is -2.04. The summed E-state index contributed by atoms with van der Waals surface area (Å²) in [5, 5.41) is 5.28. The Morgan fingerprint density at radius 1 is 1.27 bits per heavy atom. The van der Waals surface area contributed by atoms with Crippen molar-refractivity contribution in [1.82, 2.24) is 4.98 Å². The quantitative estimate of drug-likeness (QED) is 0.699. The van der Waals surface area contributed by atoms with E-state index in [1.165, 1.54) is 11.3 Å². The third-order valence-electron chi connectivity index (χ3n) is 3.10. The Hall–Kier alpha value is -1.92. The number of halogens is 1. The summed E-state index contributed by atoms with van der Waals surface area (Å²) in [4.78, 5) is 16.4. The molecule has 0 aliphatic carbocycles. The summed E-state index contributed by atoms with van der Waals surface area (Å²) in [5.41, 5.74) is 1.85. The molecule has 2 aromatic heterocycles. The summed E-state index contributed by atoms with van der Waals surface area (Å²) in [6.45, 7) is 0. The fourth-order valence-electron chi connectivity index (χ4n) is 2.00. The number of aryl methyl sites for hydroxylation is 1. The van der Waals surface area contributed by atoms with E-state index in [9.17, 15) is 4.79 Å². The third-order valence-corrected chi connectivity index (χ3v) is 4.63. The highest BCUT2D eigenvalue weighted by Crippen LogP contribution is 2.25. The highest BCUT2D eigenvalue weighted by molar-refractivity contribution is 9.10. The van der Waals surface area contributed by atoms with Gasteiger partial charge >= 0.3 is 0 Å². The number of nitrogens with zero attached hydrogens (tertiary/aromatic N) is 1. The van der Waals surface area contributed by atoms with Crippen LogP contribution in [0.15, 0.2) is 56.9 Å². The smallest absolute Gasteiger partial charge is 0.226 e. The maximum Gasteiger partial charge on any atom is 0.226 e. The van der Waals surface area contributed by atoms with E-state index in [-0.39, 0.29) is 5.91 Å². The van der Waals surface area contributed by atoms with Crippen molar-refractivity contribution in [1.29, 1.82) is 0 Å². The summed E-state index contributed by atoms with van der Waals surface area (Å²) >= 11 is 4.87. The molecule has 0 saturated heterocycles. The molecule has 2 heterocycles. The summed E-state index contributed by atoms with van der Waals surface area (Å²) in [6.07, 6.45) is 2.70. The second-order valence-electron chi connectivity index (χ2n) is 4.65. The minimum Gasteiger partial charge on any atom is -0.463 e. The monoisotopic (exact) mass is 376 g/mol. The molecule has 1 aromatic carbocycles. The van der Waals surface area contributed by atoms with Crippen LogP contribution < -0.4 is 5.32 Å². The molecule has 0 radical (unpaired) electrons. The number of carbonyl (C=O) groups is 1. The molecule has 3 aromatic rings. The number of furan rings is 1. The molecular weight excluding hydrogens is 364 g/mol. The number of carbonyl (C=O) groups excluding carboxylic acids is 1. The summed E-state index contributed by atoms with van der Waals surface area (Å²) in [5.74, 6) is 0.654. The average molecular weight is 377 g/mol. The van der Waals surface area contributed by atoms with Gasteiger partial charge in [0.05, 0.1) is 6.26 Å². The van der Waals surface area contributed by atoms with Crippen LogP contribution in [-0.4, -0.2) is 10.9 Å². The molecule has 6 heteroatoms. The molecular formula is C16H13BrN2O2S. The Bertz CT molecular complexity index is 768. The number of benzene rings is 1. The van der Waals surface area contributed by atoms with Crippen LogP contribution in [0.25, 0.3) is 11.5 Å². The molecule has 0 atom stereocenters. The van der Waals surface area contributed by atoms with E-state index in [4.69, 9.17) is 4.42 Å². The van der Waals surface area contributed by atoms with E-state index in [0.717, 1.165) is 15.7 Å². The average Bonchev–Trinajstić information content (AvgIpc) is 3.17. The summed E-state index contributed by atoms with van der Waals surface area (Å²) in [6, 6.07) is 11.6. The Morgan fingerprint density at radius 3 is 2.91 bits per heavy atom. The normalized spacial score (nSPS) is 10.6. The summed E-state index contributed by atoms with van der Waals surface area (Å²) in [7, 11) is 0. The van der Waals surface area contributed by atoms with Crippen molar-refractivity contribution in [2.24, 2.45) is 0 Å². The predicted octanol–water partition coefficient (Wildman–Crippen LogP) is 4.74. The Kier molecular flexibility index (Phi) is 4.70. The van der Waals surface area contributed by atoms with Crippen molar-refractivity contribution in [3.8, 4) is 11.5 Å². The number of anilines is 1. The van der Waals surface area contributed by atoms with Crippen molar-refractivity contribution >= 4 is 38.3 Å². The van der Waals surface area contributed by atoms with Crippen molar-refractivity contribution in [3.05, 3.63) is 58.1 Å². The number of amides is 1. The number of nitrogens with one attached hydrogen (secondary N) is 1. The van der Waals surface area contributed by atoms with Gasteiger partial charge in [-0.2, -0.15) is 0 Å². The van der Waals surface area contributed by atoms with E-state index in [1.54, 1.807) is 6.26 Å². The van der Waals surface area contributed by atoms with Crippen LogP contribution in [-0.2, 0) is 11.2 Å². The van der Waals surface area contributed by atoms with Gasteiger partial charge in [0.1, 0.15) is 5.69 Å². The number of aromatic nitrogens is 1. The first-order valence-electron chi connectivity index (χ1n) is 6.75. The minimum atomic E-state index is -0.0453. The van der Waals surface area contributed by atoms with Crippen LogP contribution in [0.5, 0.6) is 0 Å². The van der Waals surface area contributed by atoms with Crippen LogP contribution >= 0.6 is 27.3 Å². The largest absolute Gasteiger partial charge is 0.463 e. The first kappa shape index (κ1) is 15.0. The molecule has 0 unspecified atom stereocenters. The van der Waals surface area contributed by atoms with Gasteiger partial charge in [0.25, 0.3) is 0 Å². The second kappa shape index (κ2) is 6.89. The van der Waals surface area contributed by atoms with Crippen molar-refractivity contribution < 1.29 is 9.21 Å². The molecule has 0 aliphatic rings. The van der Waals surface area contributed by atoms with Crippen LogP contribution in [0.1, 0.15) is 12.0 Å². The van der Waals surface area contributed by atoms with Crippen LogP contribution in [0.4, 0.5) is 5.13 Å². The van der Waals surface area contributed by atoms with Crippen LogP contribution in [0.2, 0.25) is 0 Å². The van der Waals surface area contributed by atoms with Gasteiger partial charge in [0, 0.05) is 16.3 Å². The highest BCUT2D eigenvalue weighted by atomic mass is 79.9. The molecule has 4 nitrogen and oxygen atoms in total. The maximum atomic E-state index is 12.0. The van der Waals surface area contributed by atoms with E-state index >= 15 is 0 Å². The third kappa shape index (κ3) is 3.64. The topological polar surface area (TPSA) is 55.1 Å². The first-order chi connectivity index (χ1) is 10.7. The lowest BCUT2D eigenvalue weighted by molar-refractivity contribution is -0.116. The van der Waals surface area contributed by atoms with Gasteiger partial charge in [0.2, 0.25) is 5.91 Å². The standard InChI is InChI=1S/C16H13BrN2O2S/c17-12-5-2-1-4-11(12)7-8-15(20)19-16-18-13(10-22-16)14-6-3-9-21-14/h1-6,9-10H,7-8H2,(H,18,19,20).